The smallest absolute Gasteiger partial charge is 0.314 e. The molecule has 0 unspecified atom stereocenters. The molecule has 0 amide bonds. The van der Waals surface area contributed by atoms with Crippen LogP contribution < -0.4 is 138 Å². The quantitative estimate of drug-likeness (QED) is 0.0864. The Morgan fingerprint density at radius 3 is 1.08 bits per heavy atom. The molecule has 6 N–H and O–H groups in total. The summed E-state index contributed by atoms with van der Waals surface area (Å²) in [7, 11) is 0. The zero-order chi connectivity index (χ0) is 25.4. The van der Waals surface area contributed by atoms with Gasteiger partial charge in [0.05, 0.1) is 0 Å². The summed E-state index contributed by atoms with van der Waals surface area (Å²) in [5.41, 5.74) is -3.14. The second-order valence-corrected chi connectivity index (χ2v) is 11.0. The van der Waals surface area contributed by atoms with Crippen molar-refractivity contribution in [2.45, 2.75) is 19.6 Å². The fourth-order valence-electron chi connectivity index (χ4n) is 3.12. The first-order valence-electron chi connectivity index (χ1n) is 10.4. The van der Waals surface area contributed by atoms with Crippen LogP contribution in [0.5, 0.6) is 0 Å². The summed E-state index contributed by atoms with van der Waals surface area (Å²) in [6.45, 7) is -2.38. The van der Waals surface area contributed by atoms with Crippen LogP contribution in [-0.2, 0) is 31.4 Å². The van der Waals surface area contributed by atoms with E-state index in [0.29, 0.717) is 0 Å². The molecule has 3 aromatic rings. The zero-order valence-electron chi connectivity index (χ0n) is 21.4. The van der Waals surface area contributed by atoms with Gasteiger partial charge in [0.2, 0.25) is 0 Å². The van der Waals surface area contributed by atoms with E-state index in [4.69, 9.17) is 11.8 Å². The third kappa shape index (κ3) is 10.9. The maximum Gasteiger partial charge on any atom is 1.00 e. The van der Waals surface area contributed by atoms with Crippen LogP contribution in [0.3, 0.4) is 0 Å². The predicted molar refractivity (Wildman–Crippen MR) is 132 cm³/mol. The zero-order valence-corrected chi connectivity index (χ0v) is 29.1. The number of hydrogen-bond donors (Lipinski definition) is 6. The molecule has 3 aromatic heterocycles. The van der Waals surface area contributed by atoms with Crippen LogP contribution in [0.1, 0.15) is 0 Å². The van der Waals surface area contributed by atoms with Crippen molar-refractivity contribution in [2.24, 2.45) is 0 Å². The minimum Gasteiger partial charge on any atom is -0.314 e. The van der Waals surface area contributed by atoms with Crippen molar-refractivity contribution in [3.63, 3.8) is 0 Å². The third-order valence-electron chi connectivity index (χ3n) is 4.84. The predicted octanol–water partition coefficient (Wildman–Crippen LogP) is -12.4. The Kier molecular flexibility index (Phi) is 17.9. The largest absolute Gasteiger partial charge is 1.00 e. The van der Waals surface area contributed by atoms with Crippen molar-refractivity contribution in [1.82, 2.24) is 43.9 Å². The van der Waals surface area contributed by atoms with Crippen LogP contribution in [0.4, 0.5) is 0 Å². The van der Waals surface area contributed by atoms with E-state index < -0.39 is 40.2 Å². The molecule has 0 bridgehead atoms. The molecule has 0 radical (unpaired) electrons. The summed E-state index contributed by atoms with van der Waals surface area (Å²) in [5.74, 6) is 0. The summed E-state index contributed by atoms with van der Waals surface area (Å²) < 4.78 is 3.00. The van der Waals surface area contributed by atoms with Gasteiger partial charge in [-0.2, -0.15) is 0 Å². The average molecular weight is 594 g/mol. The summed E-state index contributed by atoms with van der Waals surface area (Å²) in [6.07, 6.45) is 3.76. The monoisotopic (exact) mass is 594 g/mol. The first-order valence-corrected chi connectivity index (χ1v) is 13.2. The van der Waals surface area contributed by atoms with E-state index in [9.17, 15) is 28.8 Å². The molecule has 0 aromatic carbocycles. The van der Waals surface area contributed by atoms with Gasteiger partial charge >= 0.3 is 106 Å². The Morgan fingerprint density at radius 2 is 0.842 bits per heavy atom. The molecular formula is C18H24N9Na3O6PS+3. The van der Waals surface area contributed by atoms with Gasteiger partial charge in [-0.25, -0.2) is 14.4 Å². The van der Waals surface area contributed by atoms with Gasteiger partial charge < -0.3 is 15.0 Å². The molecule has 0 saturated heterocycles. The molecule has 188 valence electrons. The Balaban J connectivity index is 0.00000456. The van der Waals surface area contributed by atoms with Crippen molar-refractivity contribution >= 4 is 18.3 Å². The molecular weight excluding hydrogens is 570 g/mol. The third-order valence-corrected chi connectivity index (χ3v) is 8.01. The van der Waals surface area contributed by atoms with Crippen molar-refractivity contribution in [1.29, 1.82) is 0 Å². The van der Waals surface area contributed by atoms with E-state index in [1.165, 1.54) is 36.8 Å². The van der Waals surface area contributed by atoms with E-state index in [-0.39, 0.29) is 128 Å². The van der Waals surface area contributed by atoms with Crippen LogP contribution in [0, 0.1) is 0 Å². The molecule has 38 heavy (non-hydrogen) atoms. The second kappa shape index (κ2) is 18.1. The Labute approximate surface area is 286 Å². The molecule has 0 fully saturated rings. The van der Waals surface area contributed by atoms with E-state index in [1.54, 1.807) is 0 Å². The first kappa shape index (κ1) is 37.6. The van der Waals surface area contributed by atoms with Gasteiger partial charge in [-0.1, -0.05) is 0 Å². The first-order chi connectivity index (χ1) is 16.7. The molecule has 3 rings (SSSR count). The standard InChI is InChI=1S/C18H24N9O6PS.3Na/c28-13-1-4-19-16(31)25(13)10-7-22-34(35,23-8-11-26-14(29)2-5-20-17(26)32)24-9-12-27-15(30)3-6-21-18(27)33;;;/h1-6H,7-12H2,(H,19,31)(H,20,32)(H,21,33)(H3,22,23,24,35);;;/q;3*+1. The van der Waals surface area contributed by atoms with E-state index in [1.807, 2.05) is 0 Å². The van der Waals surface area contributed by atoms with Gasteiger partial charge in [0.15, 0.2) is 0 Å². The minimum atomic E-state index is -2.82. The fraction of sp³-hybridized carbons (Fsp3) is 0.333. The Bertz CT molecular complexity index is 1310. The number of H-pyrrole nitrogens is 3. The van der Waals surface area contributed by atoms with Crippen LogP contribution in [-0.4, -0.2) is 48.3 Å². The summed E-state index contributed by atoms with van der Waals surface area (Å²) in [4.78, 5) is 78.7. The molecule has 0 atom stereocenters. The fourth-order valence-corrected chi connectivity index (χ4v) is 5.52. The average Bonchev–Trinajstić information content (AvgIpc) is 2.80. The number of hydrogen-bond acceptors (Lipinski definition) is 7. The Hall–Kier alpha value is -0.430. The van der Waals surface area contributed by atoms with Crippen LogP contribution >= 0.6 is 6.49 Å². The molecule has 3 heterocycles. The Morgan fingerprint density at radius 1 is 0.579 bits per heavy atom. The van der Waals surface area contributed by atoms with Crippen molar-refractivity contribution < 1.29 is 88.7 Å². The minimum absolute atomic E-state index is 0. The molecule has 0 spiro atoms. The number of aromatic nitrogens is 6. The van der Waals surface area contributed by atoms with Crippen molar-refractivity contribution in [3.8, 4) is 0 Å². The van der Waals surface area contributed by atoms with Gasteiger partial charge in [0, 0.05) is 76.1 Å². The van der Waals surface area contributed by atoms with Crippen molar-refractivity contribution in [3.05, 3.63) is 99.3 Å². The summed E-state index contributed by atoms with van der Waals surface area (Å²) in [5, 5.41) is 9.22. The van der Waals surface area contributed by atoms with Crippen LogP contribution in [0.15, 0.2) is 65.6 Å². The van der Waals surface area contributed by atoms with Gasteiger partial charge in [-0.3, -0.25) is 43.3 Å². The van der Waals surface area contributed by atoms with Gasteiger partial charge in [0.25, 0.3) is 16.7 Å². The maximum atomic E-state index is 11.9. The van der Waals surface area contributed by atoms with Crippen LogP contribution in [0.2, 0.25) is 0 Å². The molecule has 20 heteroatoms. The van der Waals surface area contributed by atoms with Gasteiger partial charge in [-0.05, 0) is 11.8 Å². The topological polar surface area (TPSA) is 201 Å². The molecule has 0 aliphatic rings. The number of rotatable bonds is 12. The van der Waals surface area contributed by atoms with Gasteiger partial charge in [0.1, 0.15) is 6.49 Å². The van der Waals surface area contributed by atoms with Crippen LogP contribution in [0.25, 0.3) is 0 Å². The molecule has 0 aliphatic carbocycles. The second-order valence-electron chi connectivity index (χ2n) is 7.15. The number of nitrogens with zero attached hydrogens (tertiary/aromatic N) is 3. The van der Waals surface area contributed by atoms with E-state index in [0.717, 1.165) is 13.7 Å². The van der Waals surface area contributed by atoms with Crippen molar-refractivity contribution in [2.75, 3.05) is 19.6 Å². The maximum absolute atomic E-state index is 11.9. The normalized spacial score (nSPS) is 10.6. The van der Waals surface area contributed by atoms with E-state index >= 15 is 0 Å². The summed E-state index contributed by atoms with van der Waals surface area (Å²) >= 11 is 5.70. The SMILES string of the molecule is O=c1cc[nH]c(=O)n1CCNP(=S)(NCCn1c(=O)cc[nH]c1=O)NCCn1c(=O)cc[nH]c1=O.[Na+].[Na+].[Na+]. The van der Waals surface area contributed by atoms with E-state index in [2.05, 4.69) is 30.2 Å². The number of nitrogens with one attached hydrogen (secondary N) is 6. The molecule has 15 nitrogen and oxygen atoms in total. The van der Waals surface area contributed by atoms with Gasteiger partial charge in [-0.15, -0.1) is 0 Å². The molecule has 0 aliphatic heterocycles. The summed E-state index contributed by atoms with van der Waals surface area (Å²) in [6, 6.07) is 3.66. The molecule has 0 saturated carbocycles. The number of aromatic amines is 3.